The summed E-state index contributed by atoms with van der Waals surface area (Å²) in [6, 6.07) is 5.72. The van der Waals surface area contributed by atoms with E-state index in [-0.39, 0.29) is 5.97 Å². The van der Waals surface area contributed by atoms with Crippen LogP contribution in [0, 0.1) is 0 Å². The van der Waals surface area contributed by atoms with Gasteiger partial charge in [0.15, 0.2) is 0 Å². The van der Waals surface area contributed by atoms with Gasteiger partial charge in [0.2, 0.25) is 0 Å². The smallest absolute Gasteiger partial charge is 0.337 e. The first-order valence-corrected chi connectivity index (χ1v) is 7.29. The number of rotatable bonds is 5. The van der Waals surface area contributed by atoms with E-state index in [1.807, 2.05) is 18.2 Å². The van der Waals surface area contributed by atoms with Gasteiger partial charge in [0, 0.05) is 10.7 Å². The average Bonchev–Trinajstić information content (AvgIpc) is 2.35. The third kappa shape index (κ3) is 3.59. The Morgan fingerprint density at radius 3 is 2.62 bits per heavy atom. The number of methoxy groups -OCH3 is 1. The topological polar surface area (TPSA) is 26.3 Å². The molecule has 0 unspecified atom stereocenters. The molecule has 0 aromatic heterocycles. The van der Waals surface area contributed by atoms with E-state index in [0.29, 0.717) is 5.56 Å². The average molecular weight is 350 g/mol. The van der Waals surface area contributed by atoms with E-state index in [1.54, 1.807) is 0 Å². The maximum atomic E-state index is 11.4. The van der Waals surface area contributed by atoms with Crippen LogP contribution in [0.1, 0.15) is 27.9 Å². The van der Waals surface area contributed by atoms with Crippen molar-refractivity contribution in [1.82, 2.24) is 0 Å². The van der Waals surface area contributed by atoms with Crippen molar-refractivity contribution in [2.24, 2.45) is 0 Å². The number of carbonyl (C=O) groups excluding carboxylic acids is 1. The number of hydrogen-bond acceptors (Lipinski definition) is 2. The summed E-state index contributed by atoms with van der Waals surface area (Å²) in [5.74, 6) is -0.283. The first-order valence-electron chi connectivity index (χ1n) is 5.05. The first-order chi connectivity index (χ1) is 7.72. The molecule has 1 aromatic rings. The molecule has 16 heavy (non-hydrogen) atoms. The fourth-order valence-corrected chi connectivity index (χ4v) is 2.30. The predicted octanol–water partition coefficient (Wildman–Crippen LogP) is 3.70. The van der Waals surface area contributed by atoms with Crippen LogP contribution < -0.4 is 0 Å². The van der Waals surface area contributed by atoms with Crippen LogP contribution in [0.2, 0.25) is 0 Å². The van der Waals surface area contributed by atoms with Gasteiger partial charge in [-0.15, -0.1) is 0 Å². The lowest BCUT2D eigenvalue weighted by Gasteiger charge is -2.08. The molecule has 0 aliphatic rings. The van der Waals surface area contributed by atoms with E-state index in [9.17, 15) is 4.79 Å². The van der Waals surface area contributed by atoms with Gasteiger partial charge in [-0.2, -0.15) is 0 Å². The van der Waals surface area contributed by atoms with Crippen molar-refractivity contribution in [2.45, 2.75) is 18.2 Å². The van der Waals surface area contributed by atoms with Crippen LogP contribution in [0.15, 0.2) is 18.2 Å². The van der Waals surface area contributed by atoms with Gasteiger partial charge in [-0.05, 0) is 36.1 Å². The Balaban J connectivity index is 2.92. The van der Waals surface area contributed by atoms with Crippen molar-refractivity contribution in [1.29, 1.82) is 0 Å². The third-order valence-corrected chi connectivity index (χ3v) is 3.52. The summed E-state index contributed by atoms with van der Waals surface area (Å²) in [4.78, 5) is 11.4. The summed E-state index contributed by atoms with van der Waals surface area (Å²) in [6.45, 7) is 0. The van der Waals surface area contributed by atoms with Crippen LogP contribution in [0.5, 0.6) is 0 Å². The van der Waals surface area contributed by atoms with Crippen molar-refractivity contribution < 1.29 is 9.53 Å². The van der Waals surface area contributed by atoms with Crippen LogP contribution >= 0.6 is 31.9 Å². The molecule has 0 saturated carbocycles. The Labute approximate surface area is 113 Å². The third-order valence-electron chi connectivity index (χ3n) is 2.35. The molecule has 4 heteroatoms. The van der Waals surface area contributed by atoms with Gasteiger partial charge in [-0.3, -0.25) is 0 Å². The minimum absolute atomic E-state index is 0.283. The van der Waals surface area contributed by atoms with Crippen LogP contribution in [0.4, 0.5) is 0 Å². The van der Waals surface area contributed by atoms with E-state index in [2.05, 4.69) is 31.9 Å². The molecular formula is C12H14Br2O2. The van der Waals surface area contributed by atoms with E-state index in [0.717, 1.165) is 29.1 Å². The number of alkyl halides is 2. The SMILES string of the molecule is COC(=O)c1ccc(CCCBr)c(CBr)c1. The highest BCUT2D eigenvalue weighted by atomic mass is 79.9. The molecule has 0 fully saturated rings. The summed E-state index contributed by atoms with van der Waals surface area (Å²) in [7, 11) is 1.40. The molecular weight excluding hydrogens is 336 g/mol. The van der Waals surface area contributed by atoms with Gasteiger partial charge in [-0.25, -0.2) is 4.79 Å². The van der Waals surface area contributed by atoms with Gasteiger partial charge in [0.05, 0.1) is 12.7 Å². The molecule has 2 nitrogen and oxygen atoms in total. The maximum absolute atomic E-state index is 11.4. The Morgan fingerprint density at radius 1 is 1.31 bits per heavy atom. The molecule has 0 N–H and O–H groups in total. The summed E-state index contributed by atoms with van der Waals surface area (Å²) in [6.07, 6.45) is 2.12. The molecule has 0 aliphatic heterocycles. The number of hydrogen-bond donors (Lipinski definition) is 0. The predicted molar refractivity (Wildman–Crippen MR) is 72.5 cm³/mol. The fourth-order valence-electron chi connectivity index (χ4n) is 1.50. The Kier molecular flexibility index (Phi) is 6.06. The zero-order valence-electron chi connectivity index (χ0n) is 9.13. The highest BCUT2D eigenvalue weighted by Crippen LogP contribution is 2.18. The van der Waals surface area contributed by atoms with Crippen LogP contribution in [-0.4, -0.2) is 18.4 Å². The first kappa shape index (κ1) is 13.7. The van der Waals surface area contributed by atoms with Crippen LogP contribution in [-0.2, 0) is 16.5 Å². The Bertz CT molecular complexity index is 364. The molecule has 88 valence electrons. The summed E-state index contributed by atoms with van der Waals surface area (Å²) in [5.41, 5.74) is 3.05. The second kappa shape index (κ2) is 7.07. The van der Waals surface area contributed by atoms with Crippen molar-refractivity contribution in [3.05, 3.63) is 34.9 Å². The summed E-state index contributed by atoms with van der Waals surface area (Å²) < 4.78 is 4.70. The number of halogens is 2. The Hall–Kier alpha value is -0.350. The lowest BCUT2D eigenvalue weighted by atomic mass is 10.0. The zero-order valence-corrected chi connectivity index (χ0v) is 12.3. The minimum atomic E-state index is -0.283. The fraction of sp³-hybridized carbons (Fsp3) is 0.417. The normalized spacial score (nSPS) is 10.2. The molecule has 0 heterocycles. The maximum Gasteiger partial charge on any atom is 0.337 e. The molecule has 0 spiro atoms. The molecule has 0 bridgehead atoms. The highest BCUT2D eigenvalue weighted by molar-refractivity contribution is 9.09. The second-order valence-corrected chi connectivity index (χ2v) is 4.75. The van der Waals surface area contributed by atoms with Gasteiger partial charge in [0.25, 0.3) is 0 Å². The molecule has 0 radical (unpaired) electrons. The van der Waals surface area contributed by atoms with Crippen LogP contribution in [0.25, 0.3) is 0 Å². The van der Waals surface area contributed by atoms with Gasteiger partial charge < -0.3 is 4.74 Å². The van der Waals surface area contributed by atoms with Gasteiger partial charge >= 0.3 is 5.97 Å². The largest absolute Gasteiger partial charge is 0.465 e. The summed E-state index contributed by atoms with van der Waals surface area (Å²) in [5, 5.41) is 1.75. The van der Waals surface area contributed by atoms with Gasteiger partial charge in [-0.1, -0.05) is 37.9 Å². The molecule has 1 rings (SSSR count). The molecule has 0 amide bonds. The second-order valence-electron chi connectivity index (χ2n) is 3.40. The van der Waals surface area contributed by atoms with Gasteiger partial charge in [0.1, 0.15) is 0 Å². The van der Waals surface area contributed by atoms with Crippen molar-refractivity contribution in [3.8, 4) is 0 Å². The number of esters is 1. The molecule has 0 aliphatic carbocycles. The van der Waals surface area contributed by atoms with E-state index in [1.165, 1.54) is 12.7 Å². The quantitative estimate of drug-likeness (QED) is 0.598. The van der Waals surface area contributed by atoms with Crippen molar-refractivity contribution in [2.75, 3.05) is 12.4 Å². The molecule has 0 atom stereocenters. The number of benzene rings is 1. The monoisotopic (exact) mass is 348 g/mol. The van der Waals surface area contributed by atoms with Crippen molar-refractivity contribution >= 4 is 37.8 Å². The van der Waals surface area contributed by atoms with E-state index < -0.39 is 0 Å². The molecule has 0 saturated heterocycles. The lowest BCUT2D eigenvalue weighted by molar-refractivity contribution is 0.0600. The molecule has 1 aromatic carbocycles. The lowest BCUT2D eigenvalue weighted by Crippen LogP contribution is -2.03. The highest BCUT2D eigenvalue weighted by Gasteiger charge is 2.08. The van der Waals surface area contributed by atoms with E-state index in [4.69, 9.17) is 4.74 Å². The summed E-state index contributed by atoms with van der Waals surface area (Å²) >= 11 is 6.86. The Morgan fingerprint density at radius 2 is 2.06 bits per heavy atom. The number of ether oxygens (including phenoxy) is 1. The van der Waals surface area contributed by atoms with Crippen LogP contribution in [0.3, 0.4) is 0 Å². The minimum Gasteiger partial charge on any atom is -0.465 e. The van der Waals surface area contributed by atoms with E-state index >= 15 is 0 Å². The standard InChI is InChI=1S/C12H14Br2O2/c1-16-12(15)10-5-4-9(3-2-6-13)11(7-10)8-14/h4-5,7H,2-3,6,8H2,1H3. The van der Waals surface area contributed by atoms with Crippen molar-refractivity contribution in [3.63, 3.8) is 0 Å². The number of aryl methyl sites for hydroxylation is 1. The number of carbonyl (C=O) groups is 1. The zero-order chi connectivity index (χ0) is 12.0.